The van der Waals surface area contributed by atoms with Gasteiger partial charge in [-0.1, -0.05) is 6.07 Å². The molecule has 0 aromatic heterocycles. The van der Waals surface area contributed by atoms with E-state index in [1.165, 1.54) is 0 Å². The standard InChI is InChI=1S/C10H8BrClO2/c11-9-6-7(2-1-5-13)3-4-8(9)10(12)14/h3-6H,1-2H2. The number of aldehydes is 1. The molecule has 0 N–H and O–H groups in total. The second-order valence-electron chi connectivity index (χ2n) is 2.79. The highest BCUT2D eigenvalue weighted by Gasteiger charge is 2.07. The predicted octanol–water partition coefficient (Wildman–Crippen LogP) is 2.96. The van der Waals surface area contributed by atoms with Crippen molar-refractivity contribution in [3.8, 4) is 0 Å². The molecule has 1 rings (SSSR count). The SMILES string of the molecule is O=CCCc1ccc(C(=O)Cl)c(Br)c1. The number of hydrogen-bond acceptors (Lipinski definition) is 2. The Morgan fingerprint density at radius 2 is 2.21 bits per heavy atom. The topological polar surface area (TPSA) is 34.1 Å². The Morgan fingerprint density at radius 1 is 1.50 bits per heavy atom. The molecule has 1 aromatic rings. The van der Waals surface area contributed by atoms with E-state index in [4.69, 9.17) is 11.6 Å². The lowest BCUT2D eigenvalue weighted by molar-refractivity contribution is -0.107. The summed E-state index contributed by atoms with van der Waals surface area (Å²) in [6.45, 7) is 0. The van der Waals surface area contributed by atoms with Crippen molar-refractivity contribution >= 4 is 39.1 Å². The first-order valence-electron chi connectivity index (χ1n) is 4.07. The van der Waals surface area contributed by atoms with Gasteiger partial charge in [-0.2, -0.15) is 0 Å². The maximum atomic E-state index is 10.9. The van der Waals surface area contributed by atoms with Crippen molar-refractivity contribution in [2.75, 3.05) is 0 Å². The number of aryl methyl sites for hydroxylation is 1. The molecule has 2 nitrogen and oxygen atoms in total. The molecule has 4 heteroatoms. The van der Waals surface area contributed by atoms with E-state index >= 15 is 0 Å². The van der Waals surface area contributed by atoms with Crippen LogP contribution in [-0.2, 0) is 11.2 Å². The first kappa shape index (κ1) is 11.4. The number of carbonyl (C=O) groups excluding carboxylic acids is 2. The minimum Gasteiger partial charge on any atom is -0.303 e. The maximum absolute atomic E-state index is 10.9. The van der Waals surface area contributed by atoms with Crippen LogP contribution < -0.4 is 0 Å². The first-order valence-corrected chi connectivity index (χ1v) is 5.24. The van der Waals surface area contributed by atoms with Crippen molar-refractivity contribution in [3.63, 3.8) is 0 Å². The third kappa shape index (κ3) is 2.93. The van der Waals surface area contributed by atoms with Gasteiger partial charge in [0.15, 0.2) is 0 Å². The molecule has 0 heterocycles. The van der Waals surface area contributed by atoms with Crippen LogP contribution >= 0.6 is 27.5 Å². The minimum absolute atomic E-state index is 0.446. The fraction of sp³-hybridized carbons (Fsp3) is 0.200. The lowest BCUT2D eigenvalue weighted by atomic mass is 10.1. The average molecular weight is 276 g/mol. The van der Waals surface area contributed by atoms with Crippen molar-refractivity contribution in [1.82, 2.24) is 0 Å². The molecule has 0 fully saturated rings. The van der Waals surface area contributed by atoms with Crippen LogP contribution in [0.1, 0.15) is 22.3 Å². The molecule has 0 bridgehead atoms. The van der Waals surface area contributed by atoms with E-state index in [0.717, 1.165) is 11.8 Å². The molecule has 0 saturated carbocycles. The second-order valence-corrected chi connectivity index (χ2v) is 3.99. The van der Waals surface area contributed by atoms with Gasteiger partial charge < -0.3 is 4.79 Å². The maximum Gasteiger partial charge on any atom is 0.253 e. The quantitative estimate of drug-likeness (QED) is 0.625. The van der Waals surface area contributed by atoms with Crippen molar-refractivity contribution in [2.24, 2.45) is 0 Å². The zero-order valence-electron chi connectivity index (χ0n) is 7.30. The zero-order valence-corrected chi connectivity index (χ0v) is 9.64. The van der Waals surface area contributed by atoms with Crippen molar-refractivity contribution in [3.05, 3.63) is 33.8 Å². The average Bonchev–Trinajstić information content (AvgIpc) is 2.14. The van der Waals surface area contributed by atoms with Gasteiger partial charge in [0.25, 0.3) is 5.24 Å². The molecule has 1 aromatic carbocycles. The molecule has 0 aliphatic heterocycles. The van der Waals surface area contributed by atoms with E-state index in [9.17, 15) is 9.59 Å². The largest absolute Gasteiger partial charge is 0.303 e. The Kier molecular flexibility index (Phi) is 4.29. The summed E-state index contributed by atoms with van der Waals surface area (Å²) in [7, 11) is 0. The van der Waals surface area contributed by atoms with Gasteiger partial charge in [0.05, 0.1) is 0 Å². The molecule has 0 atom stereocenters. The van der Waals surface area contributed by atoms with E-state index in [1.54, 1.807) is 18.2 Å². The van der Waals surface area contributed by atoms with Gasteiger partial charge in [-0.05, 0) is 51.6 Å². The molecular formula is C10H8BrClO2. The fourth-order valence-electron chi connectivity index (χ4n) is 1.10. The molecule has 0 aliphatic carbocycles. The lowest BCUT2D eigenvalue weighted by Crippen LogP contribution is -1.93. The van der Waals surface area contributed by atoms with Gasteiger partial charge in [0.1, 0.15) is 6.29 Å². The molecular weight excluding hydrogens is 267 g/mol. The molecule has 0 amide bonds. The highest BCUT2D eigenvalue weighted by Crippen LogP contribution is 2.20. The van der Waals surface area contributed by atoms with Gasteiger partial charge in [-0.15, -0.1) is 0 Å². The summed E-state index contributed by atoms with van der Waals surface area (Å²) in [6.07, 6.45) is 2.04. The van der Waals surface area contributed by atoms with Crippen molar-refractivity contribution < 1.29 is 9.59 Å². The Labute approximate surface area is 95.4 Å². The summed E-state index contributed by atoms with van der Waals surface area (Å²) in [6, 6.07) is 5.25. The normalized spacial score (nSPS) is 9.86. The van der Waals surface area contributed by atoms with E-state index in [-0.39, 0.29) is 0 Å². The van der Waals surface area contributed by atoms with Crippen molar-refractivity contribution in [2.45, 2.75) is 12.8 Å². The summed E-state index contributed by atoms with van der Waals surface area (Å²) in [5.41, 5.74) is 1.45. The molecule has 0 spiro atoms. The second kappa shape index (κ2) is 5.27. The highest BCUT2D eigenvalue weighted by molar-refractivity contribution is 9.10. The molecule has 0 radical (unpaired) electrons. The van der Waals surface area contributed by atoms with Gasteiger partial charge >= 0.3 is 0 Å². The van der Waals surface area contributed by atoms with Gasteiger partial charge in [0, 0.05) is 16.5 Å². The van der Waals surface area contributed by atoms with E-state index < -0.39 is 5.24 Å². The summed E-state index contributed by atoms with van der Waals surface area (Å²) in [5.74, 6) is 0. The summed E-state index contributed by atoms with van der Waals surface area (Å²) >= 11 is 8.59. The molecule has 0 saturated heterocycles. The molecule has 0 aliphatic rings. The van der Waals surface area contributed by atoms with Crippen LogP contribution in [0.2, 0.25) is 0 Å². The fourth-order valence-corrected chi connectivity index (χ4v) is 1.98. The van der Waals surface area contributed by atoms with Crippen LogP contribution in [0, 0.1) is 0 Å². The third-order valence-electron chi connectivity index (χ3n) is 1.80. The van der Waals surface area contributed by atoms with Crippen LogP contribution in [0.25, 0.3) is 0 Å². The van der Waals surface area contributed by atoms with Crippen LogP contribution in [0.15, 0.2) is 22.7 Å². The highest BCUT2D eigenvalue weighted by atomic mass is 79.9. The lowest BCUT2D eigenvalue weighted by Gasteiger charge is -2.02. The van der Waals surface area contributed by atoms with Gasteiger partial charge in [-0.25, -0.2) is 0 Å². The monoisotopic (exact) mass is 274 g/mol. The summed E-state index contributed by atoms with van der Waals surface area (Å²) < 4.78 is 0.667. The van der Waals surface area contributed by atoms with Crippen LogP contribution in [0.5, 0.6) is 0 Å². The number of benzene rings is 1. The first-order chi connectivity index (χ1) is 6.65. The van der Waals surface area contributed by atoms with E-state index in [1.807, 2.05) is 0 Å². The summed E-state index contributed by atoms with van der Waals surface area (Å²) in [4.78, 5) is 21.0. The molecule has 0 unspecified atom stereocenters. The number of hydrogen-bond donors (Lipinski definition) is 0. The Morgan fingerprint density at radius 3 is 2.71 bits per heavy atom. The van der Waals surface area contributed by atoms with Crippen molar-refractivity contribution in [1.29, 1.82) is 0 Å². The zero-order chi connectivity index (χ0) is 10.6. The smallest absolute Gasteiger partial charge is 0.253 e. The molecule has 14 heavy (non-hydrogen) atoms. The van der Waals surface area contributed by atoms with Gasteiger partial charge in [0.2, 0.25) is 0 Å². The molecule has 74 valence electrons. The van der Waals surface area contributed by atoms with E-state index in [2.05, 4.69) is 15.9 Å². The third-order valence-corrected chi connectivity index (χ3v) is 2.66. The summed E-state index contributed by atoms with van der Waals surface area (Å²) in [5, 5.41) is -0.487. The van der Waals surface area contributed by atoms with Gasteiger partial charge in [-0.3, -0.25) is 4.79 Å². The van der Waals surface area contributed by atoms with Crippen LogP contribution in [0.4, 0.5) is 0 Å². The van der Waals surface area contributed by atoms with E-state index in [0.29, 0.717) is 22.9 Å². The Balaban J connectivity index is 2.88. The predicted molar refractivity (Wildman–Crippen MR) is 58.7 cm³/mol. The Hall–Kier alpha value is -0.670. The number of carbonyl (C=O) groups is 2. The van der Waals surface area contributed by atoms with Crippen LogP contribution in [0.3, 0.4) is 0 Å². The number of rotatable bonds is 4. The Bertz CT molecular complexity index is 363. The van der Waals surface area contributed by atoms with Crippen LogP contribution in [-0.4, -0.2) is 11.5 Å². The minimum atomic E-state index is -0.487. The number of halogens is 2.